The third-order valence-electron chi connectivity index (χ3n) is 8.40. The summed E-state index contributed by atoms with van der Waals surface area (Å²) >= 11 is 0. The summed E-state index contributed by atoms with van der Waals surface area (Å²) in [5.41, 5.74) is 2.80. The van der Waals surface area contributed by atoms with Crippen LogP contribution in [0.1, 0.15) is 58.4 Å². The maximum Gasteiger partial charge on any atom is 0.306 e. The van der Waals surface area contributed by atoms with Crippen LogP contribution in [0.4, 0.5) is 17.1 Å². The average molecular weight is 550 g/mol. The molecular weight excluding hydrogens is 506 g/mol. The number of piperidine rings is 1. The predicted molar refractivity (Wildman–Crippen MR) is 158 cm³/mol. The Bertz CT molecular complexity index is 1160. The summed E-state index contributed by atoms with van der Waals surface area (Å²) in [6, 6.07) is 15.1. The molecule has 1 aliphatic carbocycles. The van der Waals surface area contributed by atoms with Crippen molar-refractivity contribution in [1.29, 1.82) is 0 Å². The van der Waals surface area contributed by atoms with Gasteiger partial charge in [0.25, 0.3) is 0 Å². The van der Waals surface area contributed by atoms with E-state index in [9.17, 15) is 19.5 Å². The fraction of sp³-hybridized carbons (Fsp3) is 0.531. The van der Waals surface area contributed by atoms with Crippen molar-refractivity contribution in [3.8, 4) is 0 Å². The second kappa shape index (κ2) is 13.8. The molecule has 2 aliphatic rings. The first-order valence-electron chi connectivity index (χ1n) is 14.6. The molecule has 2 amide bonds. The largest absolute Gasteiger partial charge is 0.481 e. The van der Waals surface area contributed by atoms with Crippen molar-refractivity contribution < 1.29 is 24.2 Å². The minimum Gasteiger partial charge on any atom is -0.481 e. The van der Waals surface area contributed by atoms with Crippen molar-refractivity contribution in [2.75, 3.05) is 35.2 Å². The van der Waals surface area contributed by atoms with Gasteiger partial charge in [-0.25, -0.2) is 0 Å². The summed E-state index contributed by atoms with van der Waals surface area (Å²) in [5.74, 6) is -0.0548. The van der Waals surface area contributed by atoms with E-state index in [1.807, 2.05) is 42.5 Å². The van der Waals surface area contributed by atoms with Crippen LogP contribution in [0.15, 0.2) is 48.5 Å². The van der Waals surface area contributed by atoms with Gasteiger partial charge in [-0.15, -0.1) is 0 Å². The number of aliphatic carboxylic acids is 1. The molecule has 0 radical (unpaired) electrons. The van der Waals surface area contributed by atoms with Crippen LogP contribution in [0.25, 0.3) is 0 Å². The van der Waals surface area contributed by atoms with E-state index in [1.54, 1.807) is 6.07 Å². The molecule has 0 aromatic heterocycles. The molecule has 40 heavy (non-hydrogen) atoms. The Morgan fingerprint density at radius 1 is 0.950 bits per heavy atom. The van der Waals surface area contributed by atoms with Crippen LogP contribution >= 0.6 is 0 Å². The lowest BCUT2D eigenvalue weighted by Crippen LogP contribution is -2.38. The Labute approximate surface area is 237 Å². The molecule has 0 bridgehead atoms. The topological polar surface area (TPSA) is 108 Å². The minimum absolute atomic E-state index is 0.0494. The summed E-state index contributed by atoms with van der Waals surface area (Å²) in [6.07, 6.45) is 4.67. The molecule has 1 aliphatic heterocycles. The van der Waals surface area contributed by atoms with E-state index in [4.69, 9.17) is 4.74 Å². The molecule has 2 fully saturated rings. The van der Waals surface area contributed by atoms with Crippen molar-refractivity contribution >= 4 is 34.8 Å². The number of carbonyl (C=O) groups is 3. The highest BCUT2D eigenvalue weighted by Crippen LogP contribution is 2.37. The van der Waals surface area contributed by atoms with Gasteiger partial charge in [-0.3, -0.25) is 14.4 Å². The Balaban J connectivity index is 1.46. The first-order chi connectivity index (χ1) is 19.2. The quantitative estimate of drug-likeness (QED) is 0.357. The van der Waals surface area contributed by atoms with Crippen LogP contribution in [-0.4, -0.2) is 48.7 Å². The summed E-state index contributed by atoms with van der Waals surface area (Å²) in [5, 5.41) is 15.3. The maximum atomic E-state index is 13.1. The van der Waals surface area contributed by atoms with Crippen molar-refractivity contribution in [1.82, 2.24) is 0 Å². The first-order valence-corrected chi connectivity index (χ1v) is 14.6. The lowest BCUT2D eigenvalue weighted by molar-refractivity contribution is -0.142. The van der Waals surface area contributed by atoms with Gasteiger partial charge in [0.05, 0.1) is 29.8 Å². The van der Waals surface area contributed by atoms with Crippen LogP contribution in [0.2, 0.25) is 0 Å². The number of benzene rings is 2. The second-order valence-electron chi connectivity index (χ2n) is 11.7. The van der Waals surface area contributed by atoms with E-state index < -0.39 is 5.97 Å². The number of ether oxygens (including phenoxy) is 1. The van der Waals surface area contributed by atoms with Gasteiger partial charge in [-0.2, -0.15) is 0 Å². The Kier molecular flexibility index (Phi) is 10.2. The number of nitrogens with zero attached hydrogens (tertiary/aromatic N) is 1. The molecular formula is C32H43N3O5. The van der Waals surface area contributed by atoms with Crippen LogP contribution in [0, 0.1) is 23.7 Å². The normalized spacial score (nSPS) is 21.7. The molecule has 1 saturated heterocycles. The van der Waals surface area contributed by atoms with Crippen molar-refractivity contribution in [3.05, 3.63) is 54.1 Å². The molecule has 1 saturated carbocycles. The Morgan fingerprint density at radius 3 is 2.33 bits per heavy atom. The van der Waals surface area contributed by atoms with Crippen LogP contribution in [-0.2, 0) is 25.5 Å². The van der Waals surface area contributed by atoms with E-state index in [0.717, 1.165) is 24.1 Å². The van der Waals surface area contributed by atoms with Gasteiger partial charge in [0, 0.05) is 18.8 Å². The molecule has 2 aromatic carbocycles. The third-order valence-corrected chi connectivity index (χ3v) is 8.40. The highest BCUT2D eigenvalue weighted by atomic mass is 16.5. The molecule has 4 rings (SSSR count). The van der Waals surface area contributed by atoms with Gasteiger partial charge >= 0.3 is 5.97 Å². The van der Waals surface area contributed by atoms with Crippen molar-refractivity contribution in [2.45, 2.75) is 65.4 Å². The summed E-state index contributed by atoms with van der Waals surface area (Å²) in [6.45, 7) is 7.89. The van der Waals surface area contributed by atoms with Gasteiger partial charge in [0.1, 0.15) is 6.61 Å². The summed E-state index contributed by atoms with van der Waals surface area (Å²) in [4.78, 5) is 39.5. The van der Waals surface area contributed by atoms with Crippen LogP contribution < -0.4 is 15.5 Å². The molecule has 3 N–H and O–H groups in total. The SMILES string of the molecule is CC(C)C1C(C)CCCC1OCC(=O)Nc1cc(N2CCC(C(=O)O)CC2)ccc1NC(=O)Cc1ccccc1. The fourth-order valence-corrected chi connectivity index (χ4v) is 6.34. The smallest absolute Gasteiger partial charge is 0.306 e. The third kappa shape index (κ3) is 7.84. The number of carbonyl (C=O) groups excluding carboxylic acids is 2. The number of amides is 2. The Hall–Kier alpha value is -3.39. The Morgan fingerprint density at radius 2 is 1.65 bits per heavy atom. The highest BCUT2D eigenvalue weighted by Gasteiger charge is 2.34. The van der Waals surface area contributed by atoms with Crippen molar-refractivity contribution in [2.24, 2.45) is 23.7 Å². The monoisotopic (exact) mass is 549 g/mol. The van der Waals surface area contributed by atoms with E-state index in [0.29, 0.717) is 55.1 Å². The zero-order chi connectivity index (χ0) is 28.6. The molecule has 3 unspecified atom stereocenters. The average Bonchev–Trinajstić information content (AvgIpc) is 2.93. The van der Waals surface area contributed by atoms with Gasteiger partial charge in [0.15, 0.2) is 0 Å². The van der Waals surface area contributed by atoms with Crippen molar-refractivity contribution in [3.63, 3.8) is 0 Å². The predicted octanol–water partition coefficient (Wildman–Crippen LogP) is 5.58. The molecule has 8 heteroatoms. The van der Waals surface area contributed by atoms with Gasteiger partial charge in [0.2, 0.25) is 11.8 Å². The lowest BCUT2D eigenvalue weighted by Gasteiger charge is -2.38. The zero-order valence-electron chi connectivity index (χ0n) is 23.9. The van der Waals surface area contributed by atoms with Gasteiger partial charge in [-0.1, -0.05) is 63.9 Å². The number of hydrogen-bond acceptors (Lipinski definition) is 5. The maximum absolute atomic E-state index is 13.1. The number of carboxylic acid groups (broad SMARTS) is 1. The van der Waals surface area contributed by atoms with Crippen LogP contribution in [0.3, 0.4) is 0 Å². The molecule has 0 spiro atoms. The number of carboxylic acids is 1. The van der Waals surface area contributed by atoms with E-state index >= 15 is 0 Å². The number of nitrogens with one attached hydrogen (secondary N) is 2. The molecule has 1 heterocycles. The molecule has 216 valence electrons. The molecule has 2 aromatic rings. The van der Waals surface area contributed by atoms with Crippen LogP contribution in [0.5, 0.6) is 0 Å². The highest BCUT2D eigenvalue weighted by molar-refractivity contribution is 6.01. The number of anilines is 3. The van der Waals surface area contributed by atoms with Gasteiger partial charge in [-0.05, 0) is 60.8 Å². The number of hydrogen-bond donors (Lipinski definition) is 3. The molecule has 3 atom stereocenters. The standard InChI is InChI=1S/C32H43N3O5/c1-21(2)31-22(3)8-7-11-28(31)40-20-30(37)34-27-19-25(35-16-14-24(15-17-35)32(38)39)12-13-26(27)33-29(36)18-23-9-5-4-6-10-23/h4-6,9-10,12-13,19,21-22,24,28,31H,7-8,11,14-18,20H2,1-3H3,(H,33,36)(H,34,37)(H,38,39). The zero-order valence-corrected chi connectivity index (χ0v) is 23.9. The van der Waals surface area contributed by atoms with E-state index in [1.165, 1.54) is 6.42 Å². The number of rotatable bonds is 10. The first kappa shape index (κ1) is 29.6. The summed E-state index contributed by atoms with van der Waals surface area (Å²) in [7, 11) is 0. The van der Waals surface area contributed by atoms with E-state index in [2.05, 4.69) is 36.3 Å². The van der Waals surface area contributed by atoms with E-state index in [-0.39, 0.29) is 36.9 Å². The minimum atomic E-state index is -0.754. The lowest BCUT2D eigenvalue weighted by atomic mass is 9.72. The van der Waals surface area contributed by atoms with Gasteiger partial charge < -0.3 is 25.4 Å². The second-order valence-corrected chi connectivity index (χ2v) is 11.7. The summed E-state index contributed by atoms with van der Waals surface area (Å²) < 4.78 is 6.18. The fourth-order valence-electron chi connectivity index (χ4n) is 6.34. The molecule has 8 nitrogen and oxygen atoms in total.